The number of nitrogens with one attached hydrogen (secondary N) is 2. The number of anilines is 2. The van der Waals surface area contributed by atoms with Crippen molar-refractivity contribution in [2.24, 2.45) is 5.92 Å². The average molecular weight is 589 g/mol. The molecular formula is C32H40N6O3S. The molecule has 1 aliphatic carbocycles. The van der Waals surface area contributed by atoms with E-state index in [9.17, 15) is 5.11 Å². The van der Waals surface area contributed by atoms with Crippen molar-refractivity contribution in [3.05, 3.63) is 59.5 Å². The number of ether oxygens (including phenoxy) is 2. The molecule has 10 heteroatoms. The number of nitrogens with zero attached hydrogens (tertiary/aromatic N) is 4. The number of thiazole rings is 1. The first-order valence-electron chi connectivity index (χ1n) is 14.7. The summed E-state index contributed by atoms with van der Waals surface area (Å²) in [4.78, 5) is 19.0. The number of fused-ring (bicyclic) bond motifs is 2. The molecule has 0 bridgehead atoms. The highest BCUT2D eigenvalue weighted by molar-refractivity contribution is 7.21. The summed E-state index contributed by atoms with van der Waals surface area (Å²) < 4.78 is 13.9. The quantitative estimate of drug-likeness (QED) is 0.226. The molecule has 4 heterocycles. The minimum Gasteiger partial charge on any atom is -0.396 e. The Kier molecular flexibility index (Phi) is 7.45. The minimum atomic E-state index is -0.823. The molecular weight excluding hydrogens is 548 g/mol. The summed E-state index contributed by atoms with van der Waals surface area (Å²) in [5, 5.41) is 18.0. The largest absolute Gasteiger partial charge is 0.396 e. The fraction of sp³-hybridized carbons (Fsp3) is 0.500. The molecule has 3 N–H and O–H groups in total. The first-order valence-corrected chi connectivity index (χ1v) is 15.5. The number of rotatable bonds is 8. The molecule has 4 aromatic rings. The van der Waals surface area contributed by atoms with Gasteiger partial charge in [-0.3, -0.25) is 4.98 Å². The summed E-state index contributed by atoms with van der Waals surface area (Å²) in [5.74, 6) is 0.354. The number of hydrogen-bond acceptors (Lipinski definition) is 10. The Bertz CT molecular complexity index is 1550. The van der Waals surface area contributed by atoms with E-state index in [1.165, 1.54) is 11.1 Å². The van der Waals surface area contributed by atoms with Gasteiger partial charge in [-0.15, -0.1) is 11.3 Å². The second kappa shape index (κ2) is 10.8. The summed E-state index contributed by atoms with van der Waals surface area (Å²) in [5.41, 5.74) is 4.35. The SMILES string of the molecule is Cc1nc(NCCc2ccc(C(C)(C)C)cc2)nc(NC23CCC(CO)C2OC(C)(C)O3)c1-c1nc2cnccc2s1. The molecule has 3 aromatic heterocycles. The fourth-order valence-corrected chi connectivity index (χ4v) is 7.10. The van der Waals surface area contributed by atoms with Gasteiger partial charge < -0.3 is 25.2 Å². The maximum Gasteiger partial charge on any atom is 0.224 e. The lowest BCUT2D eigenvalue weighted by Gasteiger charge is -2.31. The average Bonchev–Trinajstić information content (AvgIpc) is 3.56. The van der Waals surface area contributed by atoms with Crippen molar-refractivity contribution in [3.8, 4) is 10.6 Å². The lowest BCUT2D eigenvalue weighted by Crippen LogP contribution is -2.46. The van der Waals surface area contributed by atoms with Crippen molar-refractivity contribution in [2.45, 2.75) is 83.8 Å². The third-order valence-electron chi connectivity index (χ3n) is 8.19. The molecule has 9 nitrogen and oxygen atoms in total. The van der Waals surface area contributed by atoms with Crippen molar-refractivity contribution < 1.29 is 14.6 Å². The van der Waals surface area contributed by atoms with E-state index in [0.29, 0.717) is 24.7 Å². The number of aryl methyl sites for hydroxylation is 1. The van der Waals surface area contributed by atoms with Crippen LogP contribution >= 0.6 is 11.3 Å². The van der Waals surface area contributed by atoms with E-state index in [1.807, 2.05) is 26.8 Å². The van der Waals surface area contributed by atoms with Crippen LogP contribution in [0.5, 0.6) is 0 Å². The number of aliphatic hydroxyl groups is 1. The molecule has 1 saturated heterocycles. The third-order valence-corrected chi connectivity index (χ3v) is 9.24. The molecule has 1 aromatic carbocycles. The van der Waals surface area contributed by atoms with Crippen LogP contribution in [-0.4, -0.2) is 55.8 Å². The normalized spacial score (nSPS) is 23.3. The molecule has 6 rings (SSSR count). The molecule has 2 aliphatic rings. The smallest absolute Gasteiger partial charge is 0.224 e. The Hall–Kier alpha value is -3.18. The van der Waals surface area contributed by atoms with Crippen LogP contribution < -0.4 is 10.6 Å². The van der Waals surface area contributed by atoms with E-state index in [1.54, 1.807) is 23.7 Å². The first kappa shape index (κ1) is 28.9. The zero-order valence-electron chi connectivity index (χ0n) is 25.2. The highest BCUT2D eigenvalue weighted by Gasteiger charge is 2.60. The molecule has 42 heavy (non-hydrogen) atoms. The molecule has 3 unspecified atom stereocenters. The summed E-state index contributed by atoms with van der Waals surface area (Å²) in [6.45, 7) is 13.2. The van der Waals surface area contributed by atoms with Crippen molar-refractivity contribution in [1.82, 2.24) is 19.9 Å². The molecule has 2 fully saturated rings. The summed E-state index contributed by atoms with van der Waals surface area (Å²) in [6, 6.07) is 10.8. The Labute approximate surface area is 251 Å². The number of benzene rings is 1. The third kappa shape index (κ3) is 5.60. The van der Waals surface area contributed by atoms with Crippen molar-refractivity contribution in [2.75, 3.05) is 23.8 Å². The van der Waals surface area contributed by atoms with Gasteiger partial charge in [0.25, 0.3) is 0 Å². The number of hydrogen-bond donors (Lipinski definition) is 3. The van der Waals surface area contributed by atoms with Gasteiger partial charge in [0, 0.05) is 25.3 Å². The van der Waals surface area contributed by atoms with Gasteiger partial charge in [-0.1, -0.05) is 45.0 Å². The van der Waals surface area contributed by atoms with E-state index in [0.717, 1.165) is 39.3 Å². The van der Waals surface area contributed by atoms with E-state index in [-0.39, 0.29) is 24.0 Å². The Morgan fingerprint density at radius 1 is 1.10 bits per heavy atom. The second-order valence-corrected chi connectivity index (χ2v) is 13.9. The maximum atomic E-state index is 10.1. The van der Waals surface area contributed by atoms with Crippen molar-refractivity contribution in [1.29, 1.82) is 0 Å². The zero-order chi connectivity index (χ0) is 29.7. The molecule has 222 valence electrons. The van der Waals surface area contributed by atoms with Crippen LogP contribution in [0.15, 0.2) is 42.7 Å². The van der Waals surface area contributed by atoms with E-state index in [4.69, 9.17) is 24.4 Å². The highest BCUT2D eigenvalue weighted by atomic mass is 32.1. The molecule has 0 radical (unpaired) electrons. The number of aliphatic hydroxyl groups excluding tert-OH is 1. The van der Waals surface area contributed by atoms with Gasteiger partial charge >= 0.3 is 0 Å². The molecule has 0 amide bonds. The van der Waals surface area contributed by atoms with Crippen LogP contribution in [0.4, 0.5) is 11.8 Å². The topological polar surface area (TPSA) is 114 Å². The van der Waals surface area contributed by atoms with Crippen LogP contribution in [0, 0.1) is 12.8 Å². The monoisotopic (exact) mass is 588 g/mol. The first-order chi connectivity index (χ1) is 20.0. The second-order valence-electron chi connectivity index (χ2n) is 12.9. The maximum absolute atomic E-state index is 10.1. The lowest BCUT2D eigenvalue weighted by molar-refractivity contribution is -0.168. The van der Waals surface area contributed by atoms with Gasteiger partial charge in [0.1, 0.15) is 22.4 Å². The van der Waals surface area contributed by atoms with Crippen molar-refractivity contribution in [3.63, 3.8) is 0 Å². The van der Waals surface area contributed by atoms with Crippen LogP contribution in [0.25, 0.3) is 20.8 Å². The van der Waals surface area contributed by atoms with Gasteiger partial charge in [0.05, 0.1) is 22.2 Å². The van der Waals surface area contributed by atoms with Crippen LogP contribution in [0.1, 0.15) is 64.3 Å². The Balaban J connectivity index is 1.31. The van der Waals surface area contributed by atoms with E-state index >= 15 is 0 Å². The Morgan fingerprint density at radius 3 is 2.60 bits per heavy atom. The standard InChI is InChI=1S/C32H40N6O3S/c1-19-25(28-36-23-17-33-15-13-24(23)42-28)27(38-32-14-11-21(18-39)26(32)40-31(5,6)41-32)37-29(35-19)34-16-12-20-7-9-22(10-8-20)30(2,3)4/h7-10,13,15,17,21,26,39H,11-12,14,16,18H2,1-6H3,(H2,34,35,37,38). The van der Waals surface area contributed by atoms with Crippen LogP contribution in [0.3, 0.4) is 0 Å². The van der Waals surface area contributed by atoms with Crippen LogP contribution in [-0.2, 0) is 21.3 Å². The highest BCUT2D eigenvalue weighted by Crippen LogP contribution is 2.50. The van der Waals surface area contributed by atoms with Crippen molar-refractivity contribution >= 4 is 33.3 Å². The summed E-state index contributed by atoms with van der Waals surface area (Å²) >= 11 is 1.58. The van der Waals surface area contributed by atoms with Gasteiger partial charge in [-0.25, -0.2) is 9.97 Å². The fourth-order valence-electron chi connectivity index (χ4n) is 6.07. The predicted molar refractivity (Wildman–Crippen MR) is 167 cm³/mol. The van der Waals surface area contributed by atoms with E-state index < -0.39 is 11.5 Å². The van der Waals surface area contributed by atoms with Gasteiger partial charge in [0.15, 0.2) is 11.5 Å². The van der Waals surface area contributed by atoms with Crippen LogP contribution in [0.2, 0.25) is 0 Å². The number of pyridine rings is 1. The molecule has 3 atom stereocenters. The van der Waals surface area contributed by atoms with E-state index in [2.05, 4.69) is 60.7 Å². The van der Waals surface area contributed by atoms with Gasteiger partial charge in [-0.2, -0.15) is 4.98 Å². The molecule has 1 saturated carbocycles. The predicted octanol–water partition coefficient (Wildman–Crippen LogP) is 6.07. The summed E-state index contributed by atoms with van der Waals surface area (Å²) in [6.07, 6.45) is 5.56. The zero-order valence-corrected chi connectivity index (χ0v) is 26.0. The van der Waals surface area contributed by atoms with Gasteiger partial charge in [-0.05, 0) is 62.6 Å². The lowest BCUT2D eigenvalue weighted by atomic mass is 9.86. The summed E-state index contributed by atoms with van der Waals surface area (Å²) in [7, 11) is 0. The molecule has 1 aliphatic heterocycles. The number of aromatic nitrogens is 4. The Morgan fingerprint density at radius 2 is 1.88 bits per heavy atom. The van der Waals surface area contributed by atoms with Gasteiger partial charge in [0.2, 0.25) is 5.95 Å². The molecule has 0 spiro atoms. The minimum absolute atomic E-state index is 0.0264.